The summed E-state index contributed by atoms with van der Waals surface area (Å²) in [6.45, 7) is 4.76. The zero-order valence-corrected chi connectivity index (χ0v) is 19.3. The van der Waals surface area contributed by atoms with E-state index < -0.39 is 17.4 Å². The molecule has 0 radical (unpaired) electrons. The van der Waals surface area contributed by atoms with Crippen molar-refractivity contribution in [3.05, 3.63) is 52.2 Å². The van der Waals surface area contributed by atoms with E-state index >= 15 is 0 Å². The number of anilines is 1. The van der Waals surface area contributed by atoms with Crippen molar-refractivity contribution in [3.63, 3.8) is 0 Å². The van der Waals surface area contributed by atoms with Crippen molar-refractivity contribution in [1.29, 1.82) is 0 Å². The standard InChI is InChI=1S/C25H28N2O4S/c1-3-31-23(29)19-15-27(21(28)13-17-7-6-12-32-17)25(2)22(19)18-8-4-5-9-20(18)26(24(25)30)14-16-10-11-16/h4-9,12,16,19,22H,3,10-11,13-15H2,1-2H3/t19-,22+,25-/m0/s1. The molecule has 32 heavy (non-hydrogen) atoms. The maximum Gasteiger partial charge on any atom is 0.311 e. The van der Waals surface area contributed by atoms with Crippen molar-refractivity contribution in [1.82, 2.24) is 4.90 Å². The first-order valence-electron chi connectivity index (χ1n) is 11.4. The Morgan fingerprint density at radius 3 is 2.66 bits per heavy atom. The number of rotatable bonds is 6. The van der Waals surface area contributed by atoms with E-state index in [2.05, 4.69) is 0 Å². The largest absolute Gasteiger partial charge is 0.466 e. The third-order valence-corrected chi connectivity index (χ3v) is 8.00. The van der Waals surface area contributed by atoms with Gasteiger partial charge >= 0.3 is 5.97 Å². The van der Waals surface area contributed by atoms with Crippen LogP contribution >= 0.6 is 11.3 Å². The van der Waals surface area contributed by atoms with E-state index in [1.165, 1.54) is 11.3 Å². The molecule has 2 fully saturated rings. The minimum Gasteiger partial charge on any atom is -0.466 e. The normalized spacial score (nSPS) is 26.6. The van der Waals surface area contributed by atoms with Crippen LogP contribution in [0.3, 0.4) is 0 Å². The topological polar surface area (TPSA) is 66.9 Å². The molecule has 1 saturated heterocycles. The van der Waals surface area contributed by atoms with Crippen molar-refractivity contribution in [2.45, 2.75) is 44.6 Å². The van der Waals surface area contributed by atoms with Gasteiger partial charge in [-0.3, -0.25) is 14.4 Å². The second-order valence-corrected chi connectivity index (χ2v) is 10.2. The maximum absolute atomic E-state index is 14.1. The SMILES string of the molecule is CCOC(=O)[C@H]1CN(C(=O)Cc2cccs2)[C@]2(C)C(=O)N(CC3CC3)c3ccccc3[C@H]12. The first-order chi connectivity index (χ1) is 15.4. The lowest BCUT2D eigenvalue weighted by Gasteiger charge is -2.46. The van der Waals surface area contributed by atoms with Gasteiger partial charge < -0.3 is 14.5 Å². The highest BCUT2D eigenvalue weighted by Gasteiger charge is 2.63. The number of carbonyl (C=O) groups excluding carboxylic acids is 3. The quantitative estimate of drug-likeness (QED) is 0.628. The molecular formula is C25H28N2O4S. The zero-order valence-electron chi connectivity index (χ0n) is 18.5. The number of thiophene rings is 1. The van der Waals surface area contributed by atoms with Crippen LogP contribution in [0.4, 0.5) is 5.69 Å². The Bertz CT molecular complexity index is 1050. The smallest absolute Gasteiger partial charge is 0.311 e. The van der Waals surface area contributed by atoms with E-state index in [9.17, 15) is 14.4 Å². The van der Waals surface area contributed by atoms with Gasteiger partial charge in [-0.05, 0) is 55.7 Å². The molecule has 0 spiro atoms. The third-order valence-electron chi connectivity index (χ3n) is 7.12. The van der Waals surface area contributed by atoms with Gasteiger partial charge in [0.15, 0.2) is 0 Å². The van der Waals surface area contributed by atoms with Crippen LogP contribution in [0, 0.1) is 11.8 Å². The number of carbonyl (C=O) groups is 3. The monoisotopic (exact) mass is 452 g/mol. The van der Waals surface area contributed by atoms with Gasteiger partial charge in [0.2, 0.25) is 5.91 Å². The lowest BCUT2D eigenvalue weighted by molar-refractivity contribution is -0.148. The first-order valence-corrected chi connectivity index (χ1v) is 12.2. The zero-order chi connectivity index (χ0) is 22.5. The van der Waals surface area contributed by atoms with E-state index in [1.807, 2.05) is 53.6 Å². The number of likely N-dealkylation sites (tertiary alicyclic amines) is 1. The van der Waals surface area contributed by atoms with Crippen LogP contribution in [0.15, 0.2) is 41.8 Å². The second-order valence-electron chi connectivity index (χ2n) is 9.16. The van der Waals surface area contributed by atoms with Crippen LogP contribution in [0.25, 0.3) is 0 Å². The number of benzene rings is 1. The summed E-state index contributed by atoms with van der Waals surface area (Å²) in [4.78, 5) is 45.1. The number of nitrogens with zero attached hydrogens (tertiary/aromatic N) is 2. The summed E-state index contributed by atoms with van der Waals surface area (Å²) >= 11 is 1.53. The molecule has 2 amide bonds. The predicted octanol–water partition coefficient (Wildman–Crippen LogP) is 3.61. The summed E-state index contributed by atoms with van der Waals surface area (Å²) in [7, 11) is 0. The molecule has 1 aromatic carbocycles. The average Bonchev–Trinajstić information content (AvgIpc) is 3.34. The number of para-hydroxylation sites is 1. The summed E-state index contributed by atoms with van der Waals surface area (Å²) in [5, 5.41) is 1.94. The van der Waals surface area contributed by atoms with Gasteiger partial charge in [-0.1, -0.05) is 24.3 Å². The molecule has 1 aliphatic carbocycles. The number of amides is 2. The number of hydrogen-bond donors (Lipinski definition) is 0. The molecular weight excluding hydrogens is 424 g/mol. The van der Waals surface area contributed by atoms with Gasteiger partial charge in [-0.2, -0.15) is 0 Å². The minimum atomic E-state index is -1.12. The second kappa shape index (κ2) is 8.03. The molecule has 3 atom stereocenters. The molecule has 168 valence electrons. The summed E-state index contributed by atoms with van der Waals surface area (Å²) in [6.07, 6.45) is 2.48. The van der Waals surface area contributed by atoms with Crippen LogP contribution in [0.2, 0.25) is 0 Å². The molecule has 3 aliphatic rings. The fourth-order valence-electron chi connectivity index (χ4n) is 5.42. The fraction of sp³-hybridized carbons (Fsp3) is 0.480. The molecule has 0 N–H and O–H groups in total. The van der Waals surface area contributed by atoms with Gasteiger partial charge in [0.25, 0.3) is 5.91 Å². The molecule has 1 saturated carbocycles. The van der Waals surface area contributed by atoms with Gasteiger partial charge in [0, 0.05) is 29.6 Å². The van der Waals surface area contributed by atoms with Gasteiger partial charge in [0.05, 0.1) is 18.9 Å². The fourth-order valence-corrected chi connectivity index (χ4v) is 6.11. The minimum absolute atomic E-state index is 0.0839. The van der Waals surface area contributed by atoms with E-state index in [-0.39, 0.29) is 37.4 Å². The molecule has 0 unspecified atom stereocenters. The van der Waals surface area contributed by atoms with Crippen LogP contribution < -0.4 is 4.90 Å². The number of hydrogen-bond acceptors (Lipinski definition) is 5. The van der Waals surface area contributed by atoms with Crippen molar-refractivity contribution in [2.75, 3.05) is 24.6 Å². The Balaban J connectivity index is 1.60. The van der Waals surface area contributed by atoms with E-state index in [0.29, 0.717) is 12.5 Å². The highest BCUT2D eigenvalue weighted by molar-refractivity contribution is 7.10. The summed E-state index contributed by atoms with van der Waals surface area (Å²) < 4.78 is 5.41. The lowest BCUT2D eigenvalue weighted by atomic mass is 9.72. The molecule has 5 rings (SSSR count). The van der Waals surface area contributed by atoms with Crippen molar-refractivity contribution < 1.29 is 19.1 Å². The van der Waals surface area contributed by atoms with Crippen molar-refractivity contribution in [3.8, 4) is 0 Å². The van der Waals surface area contributed by atoms with Gasteiger partial charge in [0.1, 0.15) is 5.54 Å². The summed E-state index contributed by atoms with van der Waals surface area (Å²) in [5.41, 5.74) is 0.711. The van der Waals surface area contributed by atoms with Crippen LogP contribution in [0.5, 0.6) is 0 Å². The molecule has 3 heterocycles. The number of ether oxygens (including phenoxy) is 1. The summed E-state index contributed by atoms with van der Waals surface area (Å²) in [6, 6.07) is 11.7. The third kappa shape index (κ3) is 3.34. The molecule has 7 heteroatoms. The first kappa shape index (κ1) is 21.2. The summed E-state index contributed by atoms with van der Waals surface area (Å²) in [5.74, 6) is -1.03. The van der Waals surface area contributed by atoms with Crippen molar-refractivity contribution in [2.24, 2.45) is 11.8 Å². The van der Waals surface area contributed by atoms with E-state index in [0.717, 1.165) is 29.0 Å². The Labute approximate surface area is 192 Å². The van der Waals surface area contributed by atoms with Crippen LogP contribution in [-0.4, -0.2) is 47.9 Å². The molecule has 1 aromatic heterocycles. The predicted molar refractivity (Wildman–Crippen MR) is 123 cm³/mol. The Morgan fingerprint density at radius 1 is 1.19 bits per heavy atom. The highest BCUT2D eigenvalue weighted by Crippen LogP contribution is 2.54. The Morgan fingerprint density at radius 2 is 1.97 bits per heavy atom. The van der Waals surface area contributed by atoms with Gasteiger partial charge in [-0.25, -0.2) is 0 Å². The highest BCUT2D eigenvalue weighted by atomic mass is 32.1. The van der Waals surface area contributed by atoms with Gasteiger partial charge in [-0.15, -0.1) is 11.3 Å². The van der Waals surface area contributed by atoms with Crippen molar-refractivity contribution >= 4 is 34.8 Å². The Kier molecular flexibility index (Phi) is 5.32. The number of esters is 1. The molecule has 6 nitrogen and oxygen atoms in total. The van der Waals surface area contributed by atoms with Crippen LogP contribution in [0.1, 0.15) is 43.0 Å². The molecule has 0 bridgehead atoms. The van der Waals surface area contributed by atoms with Crippen LogP contribution in [-0.2, 0) is 25.5 Å². The van der Waals surface area contributed by atoms with E-state index in [1.54, 1.807) is 11.8 Å². The van der Waals surface area contributed by atoms with E-state index in [4.69, 9.17) is 4.74 Å². The number of fused-ring (bicyclic) bond motifs is 3. The maximum atomic E-state index is 14.1. The Hall–Kier alpha value is -2.67. The average molecular weight is 453 g/mol. The molecule has 2 aromatic rings. The lowest BCUT2D eigenvalue weighted by Crippen LogP contribution is -2.62. The molecule has 2 aliphatic heterocycles.